The van der Waals surface area contributed by atoms with Gasteiger partial charge in [0, 0.05) is 0 Å². The zero-order valence-electron chi connectivity index (χ0n) is 7.16. The van der Waals surface area contributed by atoms with Gasteiger partial charge >= 0.3 is 0 Å². The van der Waals surface area contributed by atoms with Crippen LogP contribution in [0.2, 0.25) is 0 Å². The SMILES string of the molecule is NC(=O)c1cccc2oc(CCl)nc12. The van der Waals surface area contributed by atoms with E-state index in [0.717, 1.165) is 0 Å². The number of hydrogen-bond donors (Lipinski definition) is 1. The van der Waals surface area contributed by atoms with Gasteiger partial charge in [0.15, 0.2) is 5.58 Å². The minimum atomic E-state index is -0.523. The number of rotatable bonds is 2. The van der Waals surface area contributed by atoms with Crippen LogP contribution in [0.25, 0.3) is 11.1 Å². The van der Waals surface area contributed by atoms with E-state index in [1.54, 1.807) is 18.2 Å². The van der Waals surface area contributed by atoms with Crippen LogP contribution in [0.15, 0.2) is 22.6 Å². The van der Waals surface area contributed by atoms with Crippen molar-refractivity contribution in [1.82, 2.24) is 4.98 Å². The number of primary amides is 1. The molecule has 2 N–H and O–H groups in total. The summed E-state index contributed by atoms with van der Waals surface area (Å²) in [7, 11) is 0. The lowest BCUT2D eigenvalue weighted by Gasteiger charge is -1.93. The molecule has 0 saturated heterocycles. The molecule has 0 fully saturated rings. The molecular weight excluding hydrogens is 204 g/mol. The van der Waals surface area contributed by atoms with Gasteiger partial charge in [-0.3, -0.25) is 4.79 Å². The maximum absolute atomic E-state index is 11.0. The van der Waals surface area contributed by atoms with Crippen molar-refractivity contribution in [2.45, 2.75) is 5.88 Å². The lowest BCUT2D eigenvalue weighted by Crippen LogP contribution is -2.11. The van der Waals surface area contributed by atoms with Crippen LogP contribution in [-0.4, -0.2) is 10.9 Å². The summed E-state index contributed by atoms with van der Waals surface area (Å²) in [6, 6.07) is 5.00. The molecule has 0 bridgehead atoms. The number of benzene rings is 1. The monoisotopic (exact) mass is 210 g/mol. The van der Waals surface area contributed by atoms with Crippen molar-refractivity contribution >= 4 is 28.6 Å². The van der Waals surface area contributed by atoms with E-state index in [2.05, 4.69) is 4.98 Å². The van der Waals surface area contributed by atoms with Crippen LogP contribution >= 0.6 is 11.6 Å². The van der Waals surface area contributed by atoms with E-state index in [4.69, 9.17) is 21.8 Å². The molecule has 1 heterocycles. The number of halogens is 1. The van der Waals surface area contributed by atoms with Crippen LogP contribution in [0.5, 0.6) is 0 Å². The van der Waals surface area contributed by atoms with Crippen LogP contribution in [0, 0.1) is 0 Å². The summed E-state index contributed by atoms with van der Waals surface area (Å²) in [6.07, 6.45) is 0. The number of nitrogens with zero attached hydrogens (tertiary/aromatic N) is 1. The molecule has 14 heavy (non-hydrogen) atoms. The highest BCUT2D eigenvalue weighted by Gasteiger charge is 2.11. The van der Waals surface area contributed by atoms with Gasteiger partial charge in [-0.2, -0.15) is 0 Å². The second kappa shape index (κ2) is 3.31. The Morgan fingerprint density at radius 1 is 1.57 bits per heavy atom. The van der Waals surface area contributed by atoms with E-state index in [1.807, 2.05) is 0 Å². The molecule has 1 amide bonds. The van der Waals surface area contributed by atoms with Gasteiger partial charge in [0.05, 0.1) is 11.4 Å². The van der Waals surface area contributed by atoms with Crippen LogP contribution in [-0.2, 0) is 5.88 Å². The topological polar surface area (TPSA) is 69.1 Å². The second-order valence-electron chi connectivity index (χ2n) is 2.76. The first-order chi connectivity index (χ1) is 6.72. The Morgan fingerprint density at radius 2 is 2.36 bits per heavy atom. The number of carbonyl (C=O) groups excluding carboxylic acids is 1. The predicted octanol–water partition coefficient (Wildman–Crippen LogP) is 1.67. The molecule has 4 nitrogen and oxygen atoms in total. The normalized spacial score (nSPS) is 10.6. The smallest absolute Gasteiger partial charge is 0.251 e. The maximum Gasteiger partial charge on any atom is 0.251 e. The molecule has 5 heteroatoms. The molecule has 2 rings (SSSR count). The van der Waals surface area contributed by atoms with Crippen molar-refractivity contribution in [2.75, 3.05) is 0 Å². The third-order valence-electron chi connectivity index (χ3n) is 1.84. The number of hydrogen-bond acceptors (Lipinski definition) is 3. The molecule has 0 aliphatic carbocycles. The maximum atomic E-state index is 11.0. The minimum absolute atomic E-state index is 0.173. The number of amides is 1. The lowest BCUT2D eigenvalue weighted by molar-refractivity contribution is 0.100. The minimum Gasteiger partial charge on any atom is -0.439 e. The highest BCUT2D eigenvalue weighted by atomic mass is 35.5. The summed E-state index contributed by atoms with van der Waals surface area (Å²) in [5, 5.41) is 0. The van der Waals surface area contributed by atoms with E-state index in [0.29, 0.717) is 22.6 Å². The third-order valence-corrected chi connectivity index (χ3v) is 2.07. The number of nitrogens with two attached hydrogens (primary N) is 1. The molecule has 0 unspecified atom stereocenters. The Labute approximate surface area is 84.7 Å². The van der Waals surface area contributed by atoms with Crippen LogP contribution in [0.4, 0.5) is 0 Å². The number of oxazole rings is 1. The largest absolute Gasteiger partial charge is 0.439 e. The third kappa shape index (κ3) is 1.33. The molecule has 2 aromatic rings. The van der Waals surface area contributed by atoms with E-state index in [-0.39, 0.29) is 5.88 Å². The van der Waals surface area contributed by atoms with Crippen LogP contribution in [0.3, 0.4) is 0 Å². The average Bonchev–Trinajstić information content (AvgIpc) is 2.59. The fourth-order valence-corrected chi connectivity index (χ4v) is 1.36. The molecule has 0 spiro atoms. The molecule has 1 aromatic carbocycles. The number of alkyl halides is 1. The summed E-state index contributed by atoms with van der Waals surface area (Å²) in [5.74, 6) is 0.0350. The molecule has 0 atom stereocenters. The number of aromatic nitrogens is 1. The van der Waals surface area contributed by atoms with Gasteiger partial charge in [-0.05, 0) is 12.1 Å². The fraction of sp³-hybridized carbons (Fsp3) is 0.111. The number of para-hydroxylation sites is 1. The van der Waals surface area contributed by atoms with Gasteiger partial charge < -0.3 is 10.2 Å². The quantitative estimate of drug-likeness (QED) is 0.767. The van der Waals surface area contributed by atoms with Gasteiger partial charge in [-0.1, -0.05) is 6.07 Å². The van der Waals surface area contributed by atoms with Crippen molar-refractivity contribution < 1.29 is 9.21 Å². The zero-order chi connectivity index (χ0) is 10.1. The standard InChI is InChI=1S/C9H7ClN2O2/c10-4-7-12-8-5(9(11)13)2-1-3-6(8)14-7/h1-3H,4H2,(H2,11,13). The van der Waals surface area contributed by atoms with Gasteiger partial charge in [0.1, 0.15) is 5.52 Å². The van der Waals surface area contributed by atoms with E-state index < -0.39 is 5.91 Å². The first kappa shape index (κ1) is 9.02. The Bertz CT molecular complexity index is 493. The second-order valence-corrected chi connectivity index (χ2v) is 3.03. The van der Waals surface area contributed by atoms with E-state index in [1.165, 1.54) is 0 Å². The Kier molecular flexibility index (Phi) is 2.13. The highest BCUT2D eigenvalue weighted by Crippen LogP contribution is 2.19. The highest BCUT2D eigenvalue weighted by molar-refractivity contribution is 6.16. The number of fused-ring (bicyclic) bond motifs is 1. The van der Waals surface area contributed by atoms with Crippen molar-refractivity contribution in [3.05, 3.63) is 29.7 Å². The van der Waals surface area contributed by atoms with Crippen LogP contribution in [0.1, 0.15) is 16.2 Å². The molecule has 1 aromatic heterocycles. The summed E-state index contributed by atoms with van der Waals surface area (Å²) in [4.78, 5) is 15.1. The first-order valence-corrected chi connectivity index (χ1v) is 4.50. The summed E-state index contributed by atoms with van der Waals surface area (Å²) in [6.45, 7) is 0. The van der Waals surface area contributed by atoms with Gasteiger partial charge in [0.2, 0.25) is 5.89 Å². The van der Waals surface area contributed by atoms with Crippen molar-refractivity contribution in [2.24, 2.45) is 5.73 Å². The van der Waals surface area contributed by atoms with Gasteiger partial charge in [-0.25, -0.2) is 4.98 Å². The van der Waals surface area contributed by atoms with Crippen molar-refractivity contribution in [3.8, 4) is 0 Å². The molecule has 0 saturated carbocycles. The summed E-state index contributed by atoms with van der Waals surface area (Å²) >= 11 is 5.56. The summed E-state index contributed by atoms with van der Waals surface area (Å²) in [5.41, 5.74) is 6.52. The number of carbonyl (C=O) groups is 1. The Morgan fingerprint density at radius 3 is 3.00 bits per heavy atom. The van der Waals surface area contributed by atoms with Crippen LogP contribution < -0.4 is 5.73 Å². The molecule has 0 aliphatic heterocycles. The van der Waals surface area contributed by atoms with E-state index >= 15 is 0 Å². The van der Waals surface area contributed by atoms with Crippen molar-refractivity contribution in [3.63, 3.8) is 0 Å². The summed E-state index contributed by atoms with van der Waals surface area (Å²) < 4.78 is 5.26. The molecular formula is C9H7ClN2O2. The van der Waals surface area contributed by atoms with Gasteiger partial charge in [-0.15, -0.1) is 11.6 Å². The van der Waals surface area contributed by atoms with E-state index in [9.17, 15) is 4.79 Å². The molecule has 72 valence electrons. The zero-order valence-corrected chi connectivity index (χ0v) is 7.91. The fourth-order valence-electron chi connectivity index (χ4n) is 1.25. The molecule has 0 aliphatic rings. The average molecular weight is 211 g/mol. The lowest BCUT2D eigenvalue weighted by atomic mass is 10.2. The van der Waals surface area contributed by atoms with Gasteiger partial charge in [0.25, 0.3) is 5.91 Å². The van der Waals surface area contributed by atoms with Crippen molar-refractivity contribution in [1.29, 1.82) is 0 Å². The molecule has 0 radical (unpaired) electrons. The predicted molar refractivity (Wildman–Crippen MR) is 52.1 cm³/mol. The first-order valence-electron chi connectivity index (χ1n) is 3.96. The Hall–Kier alpha value is -1.55. The Balaban J connectivity index is 2.73.